The molecule has 0 radical (unpaired) electrons. The van der Waals surface area contributed by atoms with Crippen LogP contribution in [-0.2, 0) is 17.3 Å². The molecule has 0 bridgehead atoms. The van der Waals surface area contributed by atoms with E-state index in [4.69, 9.17) is 4.52 Å². The first-order valence-electron chi connectivity index (χ1n) is 6.68. The summed E-state index contributed by atoms with van der Waals surface area (Å²) in [4.78, 5) is 14.7. The SMILES string of the molecule is CCS(=O)c1ccccc1C(=O)N(C)Cc1cc(C)on1. The zero-order chi connectivity index (χ0) is 15.4. The van der Waals surface area contributed by atoms with Crippen LogP contribution in [0.1, 0.15) is 28.7 Å². The van der Waals surface area contributed by atoms with Gasteiger partial charge in [-0.15, -0.1) is 0 Å². The van der Waals surface area contributed by atoms with Gasteiger partial charge in [-0.2, -0.15) is 0 Å². The van der Waals surface area contributed by atoms with Gasteiger partial charge in [-0.3, -0.25) is 9.00 Å². The molecule has 1 aromatic heterocycles. The third-order valence-corrected chi connectivity index (χ3v) is 4.42. The molecule has 6 heteroatoms. The topological polar surface area (TPSA) is 63.4 Å². The molecule has 0 N–H and O–H groups in total. The van der Waals surface area contributed by atoms with E-state index < -0.39 is 10.8 Å². The minimum absolute atomic E-state index is 0.173. The molecule has 1 atom stereocenters. The first-order valence-corrected chi connectivity index (χ1v) is 8.00. The van der Waals surface area contributed by atoms with Crippen molar-refractivity contribution in [3.05, 3.63) is 47.3 Å². The molecule has 0 saturated heterocycles. The summed E-state index contributed by atoms with van der Waals surface area (Å²) in [6, 6.07) is 8.80. The molecule has 1 aromatic carbocycles. The quantitative estimate of drug-likeness (QED) is 0.851. The van der Waals surface area contributed by atoms with E-state index in [0.29, 0.717) is 34.2 Å². The minimum atomic E-state index is -1.16. The summed E-state index contributed by atoms with van der Waals surface area (Å²) in [6.45, 7) is 3.99. The molecular formula is C15H18N2O3S. The first kappa shape index (κ1) is 15.4. The number of carbonyl (C=O) groups is 1. The van der Waals surface area contributed by atoms with Crippen molar-refractivity contribution in [2.45, 2.75) is 25.3 Å². The van der Waals surface area contributed by atoms with Crippen LogP contribution in [0.25, 0.3) is 0 Å². The summed E-state index contributed by atoms with van der Waals surface area (Å²) < 4.78 is 17.0. The number of nitrogens with zero attached hydrogens (tertiary/aromatic N) is 2. The molecular weight excluding hydrogens is 288 g/mol. The maximum atomic E-state index is 12.5. The van der Waals surface area contributed by atoms with Crippen LogP contribution in [0.5, 0.6) is 0 Å². The molecule has 112 valence electrons. The van der Waals surface area contributed by atoms with Gasteiger partial charge in [0.05, 0.1) is 27.8 Å². The average Bonchev–Trinajstić information content (AvgIpc) is 2.90. The lowest BCUT2D eigenvalue weighted by atomic mass is 10.2. The second kappa shape index (κ2) is 6.67. The van der Waals surface area contributed by atoms with Crippen molar-refractivity contribution in [2.24, 2.45) is 0 Å². The average molecular weight is 306 g/mol. The molecule has 0 spiro atoms. The van der Waals surface area contributed by atoms with Gasteiger partial charge in [0, 0.05) is 18.9 Å². The monoisotopic (exact) mass is 306 g/mol. The number of rotatable bonds is 5. The molecule has 0 saturated carbocycles. The number of aryl methyl sites for hydroxylation is 1. The number of hydrogen-bond acceptors (Lipinski definition) is 4. The molecule has 0 aliphatic heterocycles. The van der Waals surface area contributed by atoms with Crippen LogP contribution in [0.15, 0.2) is 39.8 Å². The maximum absolute atomic E-state index is 12.5. The summed E-state index contributed by atoms with van der Waals surface area (Å²) in [6.07, 6.45) is 0. The summed E-state index contributed by atoms with van der Waals surface area (Å²) in [7, 11) is 0.529. The van der Waals surface area contributed by atoms with Crippen molar-refractivity contribution in [3.8, 4) is 0 Å². The Kier molecular flexibility index (Phi) is 4.90. The fraction of sp³-hybridized carbons (Fsp3) is 0.333. The van der Waals surface area contributed by atoms with Gasteiger partial charge >= 0.3 is 0 Å². The highest BCUT2D eigenvalue weighted by atomic mass is 32.2. The second-order valence-corrected chi connectivity index (χ2v) is 6.43. The van der Waals surface area contributed by atoms with Crippen molar-refractivity contribution < 1.29 is 13.5 Å². The van der Waals surface area contributed by atoms with E-state index in [1.807, 2.05) is 6.92 Å². The molecule has 2 aromatic rings. The van der Waals surface area contributed by atoms with Crippen LogP contribution in [0.4, 0.5) is 0 Å². The van der Waals surface area contributed by atoms with Crippen LogP contribution in [-0.4, -0.2) is 33.0 Å². The number of hydrogen-bond donors (Lipinski definition) is 0. The molecule has 0 fully saturated rings. The number of aromatic nitrogens is 1. The Balaban J connectivity index is 2.21. The molecule has 2 rings (SSSR count). The highest BCUT2D eigenvalue weighted by Crippen LogP contribution is 2.17. The van der Waals surface area contributed by atoms with Crippen molar-refractivity contribution >= 4 is 16.7 Å². The summed E-state index contributed by atoms with van der Waals surface area (Å²) >= 11 is 0. The Bertz CT molecular complexity index is 666. The van der Waals surface area contributed by atoms with Crippen LogP contribution in [0, 0.1) is 6.92 Å². The van der Waals surface area contributed by atoms with Gasteiger partial charge in [-0.25, -0.2) is 0 Å². The lowest BCUT2D eigenvalue weighted by Crippen LogP contribution is -2.27. The van der Waals surface area contributed by atoms with Crippen molar-refractivity contribution in [3.63, 3.8) is 0 Å². The zero-order valence-electron chi connectivity index (χ0n) is 12.3. The van der Waals surface area contributed by atoms with Crippen molar-refractivity contribution in [1.29, 1.82) is 0 Å². The molecule has 0 aliphatic carbocycles. The highest BCUT2D eigenvalue weighted by molar-refractivity contribution is 7.85. The third-order valence-electron chi connectivity index (χ3n) is 3.05. The molecule has 5 nitrogen and oxygen atoms in total. The lowest BCUT2D eigenvalue weighted by Gasteiger charge is -2.17. The van der Waals surface area contributed by atoms with Gasteiger partial charge in [0.15, 0.2) is 0 Å². The van der Waals surface area contributed by atoms with Gasteiger partial charge in [0.25, 0.3) is 5.91 Å². The van der Waals surface area contributed by atoms with E-state index in [9.17, 15) is 9.00 Å². The predicted octanol–water partition coefficient (Wildman–Crippen LogP) is 2.38. The smallest absolute Gasteiger partial charge is 0.255 e. The largest absolute Gasteiger partial charge is 0.361 e. The van der Waals surface area contributed by atoms with E-state index in [2.05, 4.69) is 5.16 Å². The fourth-order valence-electron chi connectivity index (χ4n) is 2.01. The number of benzene rings is 1. The van der Waals surface area contributed by atoms with E-state index in [1.54, 1.807) is 49.2 Å². The van der Waals surface area contributed by atoms with Gasteiger partial charge < -0.3 is 9.42 Å². The van der Waals surface area contributed by atoms with Gasteiger partial charge in [-0.1, -0.05) is 24.2 Å². The van der Waals surface area contributed by atoms with E-state index in [-0.39, 0.29) is 5.91 Å². The molecule has 1 heterocycles. The summed E-state index contributed by atoms with van der Waals surface area (Å²) in [5.41, 5.74) is 1.16. The van der Waals surface area contributed by atoms with Crippen molar-refractivity contribution in [1.82, 2.24) is 10.1 Å². The predicted molar refractivity (Wildman–Crippen MR) is 80.4 cm³/mol. The molecule has 0 aliphatic rings. The Labute approximate surface area is 126 Å². The van der Waals surface area contributed by atoms with Gasteiger partial charge in [0.2, 0.25) is 0 Å². The van der Waals surface area contributed by atoms with E-state index in [0.717, 1.165) is 0 Å². The standard InChI is InChI=1S/C15H18N2O3S/c1-4-21(19)14-8-6-5-7-13(14)15(18)17(3)10-12-9-11(2)20-16-12/h5-9H,4,10H2,1-3H3. The Morgan fingerprint density at radius 3 is 2.71 bits per heavy atom. The third kappa shape index (κ3) is 3.58. The Hall–Kier alpha value is -1.95. The van der Waals surface area contributed by atoms with E-state index >= 15 is 0 Å². The lowest BCUT2D eigenvalue weighted by molar-refractivity contribution is 0.0778. The molecule has 1 amide bonds. The van der Waals surface area contributed by atoms with Crippen LogP contribution in [0.3, 0.4) is 0 Å². The normalized spacial score (nSPS) is 12.1. The van der Waals surface area contributed by atoms with Gasteiger partial charge in [-0.05, 0) is 19.1 Å². The zero-order valence-corrected chi connectivity index (χ0v) is 13.1. The molecule has 1 unspecified atom stereocenters. The van der Waals surface area contributed by atoms with Crippen LogP contribution in [0.2, 0.25) is 0 Å². The summed E-state index contributed by atoms with van der Waals surface area (Å²) in [5.74, 6) is 1.02. The Morgan fingerprint density at radius 2 is 2.10 bits per heavy atom. The maximum Gasteiger partial charge on any atom is 0.255 e. The first-order chi connectivity index (χ1) is 10.0. The van der Waals surface area contributed by atoms with Crippen molar-refractivity contribution in [2.75, 3.05) is 12.8 Å². The summed E-state index contributed by atoms with van der Waals surface area (Å²) in [5, 5.41) is 3.88. The number of amides is 1. The second-order valence-electron chi connectivity index (χ2n) is 4.72. The number of carbonyl (C=O) groups excluding carboxylic acids is 1. The fourth-order valence-corrected chi connectivity index (χ4v) is 2.95. The highest BCUT2D eigenvalue weighted by Gasteiger charge is 2.19. The van der Waals surface area contributed by atoms with Crippen LogP contribution < -0.4 is 0 Å². The Morgan fingerprint density at radius 1 is 1.38 bits per heavy atom. The van der Waals surface area contributed by atoms with Crippen LogP contribution >= 0.6 is 0 Å². The minimum Gasteiger partial charge on any atom is -0.361 e. The van der Waals surface area contributed by atoms with E-state index in [1.165, 1.54) is 0 Å². The van der Waals surface area contributed by atoms with Gasteiger partial charge in [0.1, 0.15) is 11.5 Å². The molecule has 21 heavy (non-hydrogen) atoms.